The first-order valence-corrected chi connectivity index (χ1v) is 11.0. The van der Waals surface area contributed by atoms with Crippen LogP contribution in [-0.4, -0.2) is 62.2 Å². The largest absolute Gasteiger partial charge is 0.495 e. The molecule has 2 aromatic carbocycles. The molecule has 0 saturated carbocycles. The molecular formula is C21H25N3O6S. The number of anilines is 1. The minimum atomic E-state index is -4.08. The van der Waals surface area contributed by atoms with Gasteiger partial charge in [-0.2, -0.15) is 0 Å². The predicted octanol–water partition coefficient (Wildman–Crippen LogP) is 1.58. The van der Waals surface area contributed by atoms with E-state index in [0.717, 1.165) is 9.21 Å². The van der Waals surface area contributed by atoms with Crippen LogP contribution in [0.2, 0.25) is 0 Å². The Balaban J connectivity index is 1.94. The van der Waals surface area contributed by atoms with Crippen LogP contribution in [0.25, 0.3) is 0 Å². The third-order valence-electron chi connectivity index (χ3n) is 4.90. The third kappa shape index (κ3) is 4.49. The molecule has 0 radical (unpaired) electrons. The number of amides is 3. The number of ether oxygens (including phenoxy) is 1. The fraction of sp³-hybridized carbons (Fsp3) is 0.333. The van der Waals surface area contributed by atoms with Gasteiger partial charge in [-0.25, -0.2) is 13.2 Å². The molecule has 0 unspecified atom stereocenters. The Morgan fingerprint density at radius 2 is 1.71 bits per heavy atom. The molecule has 1 saturated heterocycles. The number of carbonyl (C=O) groups excluding carboxylic acids is 2. The van der Waals surface area contributed by atoms with Gasteiger partial charge in [0.25, 0.3) is 15.9 Å². The first kappa shape index (κ1) is 22.6. The maximum absolute atomic E-state index is 13.4. The number of methoxy groups -OCH3 is 1. The number of nitrogens with one attached hydrogen (secondary N) is 1. The van der Waals surface area contributed by atoms with E-state index in [1.54, 1.807) is 56.3 Å². The normalized spacial score (nSPS) is 16.7. The van der Waals surface area contributed by atoms with Crippen LogP contribution >= 0.6 is 0 Å². The summed E-state index contributed by atoms with van der Waals surface area (Å²) in [5.41, 5.74) is -0.861. The first-order valence-electron chi connectivity index (χ1n) is 9.61. The van der Waals surface area contributed by atoms with Crippen LogP contribution in [0.5, 0.6) is 5.75 Å². The molecule has 166 valence electrons. The van der Waals surface area contributed by atoms with Crippen LogP contribution in [0.3, 0.4) is 0 Å². The molecule has 1 atom stereocenters. The highest BCUT2D eigenvalue weighted by Gasteiger charge is 2.45. The molecule has 9 nitrogen and oxygen atoms in total. The Morgan fingerprint density at radius 3 is 2.29 bits per heavy atom. The number of aliphatic hydroxyl groups excluding tert-OH is 1. The molecule has 2 N–H and O–H groups in total. The fourth-order valence-electron chi connectivity index (χ4n) is 3.33. The third-order valence-corrected chi connectivity index (χ3v) is 6.69. The summed E-state index contributed by atoms with van der Waals surface area (Å²) >= 11 is 0. The van der Waals surface area contributed by atoms with Crippen LogP contribution in [0, 0.1) is 0 Å². The summed E-state index contributed by atoms with van der Waals surface area (Å²) in [6.07, 6.45) is -1.34. The number of hydrogen-bond donors (Lipinski definition) is 2. The summed E-state index contributed by atoms with van der Waals surface area (Å²) in [6, 6.07) is 13.7. The fourth-order valence-corrected chi connectivity index (χ4v) is 4.86. The Bertz CT molecular complexity index is 1070. The van der Waals surface area contributed by atoms with Crippen molar-refractivity contribution in [3.8, 4) is 5.75 Å². The van der Waals surface area contributed by atoms with Crippen molar-refractivity contribution in [2.75, 3.05) is 24.5 Å². The lowest BCUT2D eigenvalue weighted by Crippen LogP contribution is -2.45. The van der Waals surface area contributed by atoms with Crippen molar-refractivity contribution in [3.63, 3.8) is 0 Å². The van der Waals surface area contributed by atoms with E-state index in [2.05, 4.69) is 5.32 Å². The van der Waals surface area contributed by atoms with Crippen molar-refractivity contribution < 1.29 is 27.9 Å². The summed E-state index contributed by atoms with van der Waals surface area (Å²) in [6.45, 7) is 2.36. The average molecular weight is 448 g/mol. The number of benzene rings is 2. The average Bonchev–Trinajstić information content (AvgIpc) is 2.94. The van der Waals surface area contributed by atoms with Crippen molar-refractivity contribution in [2.24, 2.45) is 0 Å². The Labute approximate surface area is 181 Å². The zero-order chi connectivity index (χ0) is 22.8. The summed E-state index contributed by atoms with van der Waals surface area (Å²) in [4.78, 5) is 25.5. The van der Waals surface area contributed by atoms with Crippen molar-refractivity contribution in [3.05, 3.63) is 54.6 Å². The van der Waals surface area contributed by atoms with E-state index in [1.807, 2.05) is 0 Å². The molecule has 31 heavy (non-hydrogen) atoms. The highest BCUT2D eigenvalue weighted by Crippen LogP contribution is 2.32. The van der Waals surface area contributed by atoms with Crippen molar-refractivity contribution >= 4 is 27.6 Å². The molecule has 1 aliphatic heterocycles. The highest BCUT2D eigenvalue weighted by molar-refractivity contribution is 7.92. The Hall–Kier alpha value is -3.11. The van der Waals surface area contributed by atoms with Crippen molar-refractivity contribution in [2.45, 2.75) is 30.4 Å². The zero-order valence-corrected chi connectivity index (χ0v) is 18.3. The predicted molar refractivity (Wildman–Crippen MR) is 114 cm³/mol. The van der Waals surface area contributed by atoms with Gasteiger partial charge in [-0.15, -0.1) is 0 Å². The van der Waals surface area contributed by atoms with Gasteiger partial charge in [0.1, 0.15) is 11.3 Å². The molecule has 1 heterocycles. The lowest BCUT2D eigenvalue weighted by atomic mass is 10.1. The second-order valence-corrected chi connectivity index (χ2v) is 9.51. The van der Waals surface area contributed by atoms with E-state index in [1.165, 1.54) is 19.2 Å². The summed E-state index contributed by atoms with van der Waals surface area (Å²) < 4.78 is 33.2. The quantitative estimate of drug-likeness (QED) is 0.594. The number of aliphatic hydroxyl groups is 1. The van der Waals surface area contributed by atoms with E-state index in [4.69, 9.17) is 4.74 Å². The smallest absolute Gasteiger partial charge is 0.325 e. The molecule has 10 heteroatoms. The van der Waals surface area contributed by atoms with Gasteiger partial charge >= 0.3 is 6.03 Å². The number of sulfonamides is 1. The van der Waals surface area contributed by atoms with Gasteiger partial charge in [-0.05, 0) is 38.1 Å². The van der Waals surface area contributed by atoms with Gasteiger partial charge in [0.15, 0.2) is 0 Å². The van der Waals surface area contributed by atoms with Gasteiger partial charge in [0, 0.05) is 0 Å². The van der Waals surface area contributed by atoms with Gasteiger partial charge in [-0.1, -0.05) is 30.3 Å². The van der Waals surface area contributed by atoms with E-state index >= 15 is 0 Å². The van der Waals surface area contributed by atoms with Gasteiger partial charge in [-0.3, -0.25) is 14.0 Å². The highest BCUT2D eigenvalue weighted by atomic mass is 32.2. The molecule has 3 rings (SSSR count). The topological polar surface area (TPSA) is 116 Å². The van der Waals surface area contributed by atoms with Crippen LogP contribution < -0.4 is 14.4 Å². The summed E-state index contributed by atoms with van der Waals surface area (Å²) in [5, 5.41) is 13.2. The zero-order valence-electron chi connectivity index (χ0n) is 17.5. The van der Waals surface area contributed by atoms with Gasteiger partial charge in [0.2, 0.25) is 0 Å². The first-order chi connectivity index (χ1) is 14.6. The van der Waals surface area contributed by atoms with Crippen molar-refractivity contribution in [1.82, 2.24) is 10.2 Å². The minimum Gasteiger partial charge on any atom is -0.495 e. The number of nitrogens with zero attached hydrogens (tertiary/aromatic N) is 2. The second-order valence-electron chi connectivity index (χ2n) is 7.65. The molecule has 1 fully saturated rings. The Kier molecular flexibility index (Phi) is 6.23. The number of para-hydroxylation sites is 2. The molecule has 0 bridgehead atoms. The minimum absolute atomic E-state index is 0.0317. The van der Waals surface area contributed by atoms with Crippen LogP contribution in [0.1, 0.15) is 13.8 Å². The molecule has 0 spiro atoms. The number of hydrogen-bond acceptors (Lipinski definition) is 6. The number of carbonyl (C=O) groups is 2. The number of rotatable bonds is 8. The summed E-state index contributed by atoms with van der Waals surface area (Å²) in [7, 11) is -2.66. The maximum Gasteiger partial charge on any atom is 0.325 e. The van der Waals surface area contributed by atoms with E-state index in [0.29, 0.717) is 5.75 Å². The standard InChI is InChI=1S/C21H25N3O6S/c1-21(2)19(26)23(20(27)22-21)13-15(25)14-24(17-11-7-8-12-18(17)30-3)31(28,29)16-9-5-4-6-10-16/h4-12,15,25H,13-14H2,1-3H3,(H,22,27)/t15-/m1/s1. The van der Waals surface area contributed by atoms with Crippen LogP contribution in [0.4, 0.5) is 10.5 Å². The molecule has 1 aliphatic rings. The van der Waals surface area contributed by atoms with E-state index < -0.39 is 40.1 Å². The van der Waals surface area contributed by atoms with E-state index in [9.17, 15) is 23.1 Å². The lowest BCUT2D eigenvalue weighted by molar-refractivity contribution is -0.131. The van der Waals surface area contributed by atoms with Gasteiger partial charge < -0.3 is 15.2 Å². The van der Waals surface area contributed by atoms with Crippen LogP contribution in [0.15, 0.2) is 59.5 Å². The Morgan fingerprint density at radius 1 is 1.10 bits per heavy atom. The molecular weight excluding hydrogens is 422 g/mol. The molecule has 0 aromatic heterocycles. The monoisotopic (exact) mass is 447 g/mol. The molecule has 0 aliphatic carbocycles. The molecule has 3 amide bonds. The summed E-state index contributed by atoms with van der Waals surface area (Å²) in [5.74, 6) is -0.198. The maximum atomic E-state index is 13.4. The van der Waals surface area contributed by atoms with Gasteiger partial charge in [0.05, 0.1) is 36.9 Å². The SMILES string of the molecule is COc1ccccc1N(C[C@H](O)CN1C(=O)NC(C)(C)C1=O)S(=O)(=O)c1ccccc1. The van der Waals surface area contributed by atoms with Crippen LogP contribution in [-0.2, 0) is 14.8 Å². The number of urea groups is 1. The number of imide groups is 1. The lowest BCUT2D eigenvalue weighted by Gasteiger charge is -2.29. The number of β-amino-alcohol motifs (C(OH)–C–C–N with tert-alkyl or cyclic N) is 1. The van der Waals surface area contributed by atoms with Crippen molar-refractivity contribution in [1.29, 1.82) is 0 Å². The van der Waals surface area contributed by atoms with E-state index in [-0.39, 0.29) is 17.1 Å². The second kappa shape index (κ2) is 8.56. The molecule has 2 aromatic rings.